The van der Waals surface area contributed by atoms with E-state index in [0.29, 0.717) is 5.56 Å². The molecule has 3 aromatic rings. The maximum Gasteiger partial charge on any atom is 0.300 e. The van der Waals surface area contributed by atoms with Gasteiger partial charge in [0.25, 0.3) is 11.7 Å². The summed E-state index contributed by atoms with van der Waals surface area (Å²) >= 11 is 0. The first-order valence-corrected chi connectivity index (χ1v) is 11.6. The number of hydrogen-bond donors (Lipinski definition) is 1. The average Bonchev–Trinajstić information content (AvgIpc) is 3.16. The number of Topliss-reactive ketones (excluding diaryl/α,β-unsaturated/α-hetero) is 1. The fourth-order valence-corrected chi connectivity index (χ4v) is 4.51. The Hall–Kier alpha value is -4.20. The molecule has 0 aliphatic carbocycles. The molecule has 0 radical (unpaired) electrons. The van der Waals surface area contributed by atoms with Gasteiger partial charge >= 0.3 is 0 Å². The molecule has 3 aromatic carbocycles. The number of anilines is 2. The number of amides is 1. The van der Waals surface area contributed by atoms with Gasteiger partial charge < -0.3 is 14.7 Å². The molecule has 0 aromatic heterocycles. The second-order valence-corrected chi connectivity index (χ2v) is 8.23. The zero-order chi connectivity index (χ0) is 26.0. The third-order valence-corrected chi connectivity index (χ3v) is 6.31. The Balaban J connectivity index is 1.96. The van der Waals surface area contributed by atoms with Crippen LogP contribution < -0.4 is 14.5 Å². The Kier molecular flexibility index (Phi) is 7.05. The van der Waals surface area contributed by atoms with E-state index in [1.54, 1.807) is 36.4 Å². The summed E-state index contributed by atoms with van der Waals surface area (Å²) in [5, 5.41) is 11.3. The zero-order valence-electron chi connectivity index (χ0n) is 20.2. The van der Waals surface area contributed by atoms with E-state index in [4.69, 9.17) is 4.74 Å². The van der Waals surface area contributed by atoms with Crippen LogP contribution in [0.25, 0.3) is 5.76 Å². The van der Waals surface area contributed by atoms with Crippen molar-refractivity contribution in [1.82, 2.24) is 0 Å². The average molecular weight is 493 g/mol. The van der Waals surface area contributed by atoms with Crippen LogP contribution in [0.3, 0.4) is 0 Å². The number of methoxy groups -OCH3 is 1. The summed E-state index contributed by atoms with van der Waals surface area (Å²) < 4.78 is 34.3. The number of benzene rings is 3. The summed E-state index contributed by atoms with van der Waals surface area (Å²) in [6.45, 7) is 5.59. The Bertz CT molecular complexity index is 1330. The van der Waals surface area contributed by atoms with Crippen LogP contribution in [0.15, 0.2) is 72.3 Å². The lowest BCUT2D eigenvalue weighted by atomic mass is 9.94. The van der Waals surface area contributed by atoms with Crippen molar-refractivity contribution < 1.29 is 28.2 Å². The second kappa shape index (κ2) is 10.2. The van der Waals surface area contributed by atoms with E-state index in [1.165, 1.54) is 7.11 Å². The summed E-state index contributed by atoms with van der Waals surface area (Å²) in [7, 11) is 1.41. The highest BCUT2D eigenvalue weighted by Gasteiger charge is 2.48. The van der Waals surface area contributed by atoms with Crippen molar-refractivity contribution in [3.8, 4) is 5.75 Å². The summed E-state index contributed by atoms with van der Waals surface area (Å²) in [5.74, 6) is -3.92. The summed E-state index contributed by atoms with van der Waals surface area (Å²) in [4.78, 5) is 29.5. The first-order valence-electron chi connectivity index (χ1n) is 11.6. The number of halogens is 2. The Labute approximate surface area is 208 Å². The first kappa shape index (κ1) is 24.9. The normalized spacial score (nSPS) is 16.9. The van der Waals surface area contributed by atoms with Crippen LogP contribution in [0.5, 0.6) is 5.75 Å². The Morgan fingerprint density at radius 2 is 1.67 bits per heavy atom. The van der Waals surface area contributed by atoms with Gasteiger partial charge in [-0.1, -0.05) is 24.3 Å². The lowest BCUT2D eigenvalue weighted by Crippen LogP contribution is -2.30. The molecule has 1 amide bonds. The van der Waals surface area contributed by atoms with Crippen molar-refractivity contribution >= 4 is 28.8 Å². The monoisotopic (exact) mass is 492 g/mol. The highest BCUT2D eigenvalue weighted by molar-refractivity contribution is 6.51. The molecule has 0 spiro atoms. The quantitative estimate of drug-likeness (QED) is 0.270. The molecular weight excluding hydrogens is 466 g/mol. The number of aliphatic hydroxyl groups excluding tert-OH is 1. The third-order valence-electron chi connectivity index (χ3n) is 6.31. The highest BCUT2D eigenvalue weighted by atomic mass is 19.1. The molecule has 186 valence electrons. The van der Waals surface area contributed by atoms with Crippen LogP contribution in [-0.4, -0.2) is 37.0 Å². The molecule has 1 N–H and O–H groups in total. The number of hydrogen-bond acceptors (Lipinski definition) is 5. The number of rotatable bonds is 7. The number of aliphatic hydroxyl groups is 1. The predicted molar refractivity (Wildman–Crippen MR) is 134 cm³/mol. The van der Waals surface area contributed by atoms with E-state index in [1.807, 2.05) is 26.0 Å². The van der Waals surface area contributed by atoms with Crippen LogP contribution in [0, 0.1) is 11.6 Å². The Morgan fingerprint density at radius 1 is 1.00 bits per heavy atom. The van der Waals surface area contributed by atoms with Crippen molar-refractivity contribution in [2.45, 2.75) is 19.9 Å². The van der Waals surface area contributed by atoms with Crippen LogP contribution in [-0.2, 0) is 9.59 Å². The van der Waals surface area contributed by atoms with Gasteiger partial charge in [-0.3, -0.25) is 14.5 Å². The standard InChI is InChI=1S/C28H26F2N2O4/c1-4-31(5-2)19-13-10-17(11-14-19)25-24(26(33)20-8-6-7-9-23(20)36-3)27(34)28(35)32(25)22-16-18(29)12-15-21(22)30/h6-16,25,33H,4-5H2,1-3H3/b26-24+. The van der Waals surface area contributed by atoms with Crippen molar-refractivity contribution in [2.24, 2.45) is 0 Å². The minimum Gasteiger partial charge on any atom is -0.507 e. The molecule has 1 aliphatic heterocycles. The SMILES string of the molecule is CCN(CC)c1ccc(C2/C(=C(\O)c3ccccc3OC)C(=O)C(=O)N2c2cc(F)ccc2F)cc1. The van der Waals surface area contributed by atoms with E-state index < -0.39 is 40.8 Å². The number of nitrogens with zero attached hydrogens (tertiary/aromatic N) is 2. The molecule has 36 heavy (non-hydrogen) atoms. The minimum atomic E-state index is -1.20. The molecule has 1 saturated heterocycles. The lowest BCUT2D eigenvalue weighted by molar-refractivity contribution is -0.132. The predicted octanol–water partition coefficient (Wildman–Crippen LogP) is 5.45. The van der Waals surface area contributed by atoms with Crippen molar-refractivity contribution in [2.75, 3.05) is 30.0 Å². The summed E-state index contributed by atoms with van der Waals surface area (Å²) in [6, 6.07) is 15.1. The number of carbonyl (C=O) groups is 2. The zero-order valence-corrected chi connectivity index (χ0v) is 20.2. The van der Waals surface area contributed by atoms with Crippen molar-refractivity contribution in [3.05, 3.63) is 95.1 Å². The van der Waals surface area contributed by atoms with E-state index in [0.717, 1.165) is 41.9 Å². The Morgan fingerprint density at radius 3 is 2.31 bits per heavy atom. The van der Waals surface area contributed by atoms with Gasteiger partial charge in [-0.2, -0.15) is 0 Å². The van der Waals surface area contributed by atoms with Gasteiger partial charge in [0.15, 0.2) is 0 Å². The number of para-hydroxylation sites is 1. The molecule has 0 bridgehead atoms. The van der Waals surface area contributed by atoms with Gasteiger partial charge in [0.2, 0.25) is 0 Å². The molecule has 6 nitrogen and oxygen atoms in total. The number of ether oxygens (including phenoxy) is 1. The van der Waals surface area contributed by atoms with Gasteiger partial charge in [0.05, 0.1) is 30.0 Å². The number of ketones is 1. The summed E-state index contributed by atoms with van der Waals surface area (Å²) in [6.07, 6.45) is 0. The fraction of sp³-hybridized carbons (Fsp3) is 0.214. The van der Waals surface area contributed by atoms with E-state index in [2.05, 4.69) is 4.90 Å². The van der Waals surface area contributed by atoms with Gasteiger partial charge in [-0.05, 0) is 55.8 Å². The maximum absolute atomic E-state index is 14.9. The van der Waals surface area contributed by atoms with Crippen LogP contribution in [0.1, 0.15) is 31.0 Å². The van der Waals surface area contributed by atoms with Gasteiger partial charge in [0, 0.05) is 24.8 Å². The first-order chi connectivity index (χ1) is 17.3. The molecule has 1 atom stereocenters. The van der Waals surface area contributed by atoms with E-state index in [-0.39, 0.29) is 16.9 Å². The van der Waals surface area contributed by atoms with Gasteiger partial charge in [-0.25, -0.2) is 8.78 Å². The summed E-state index contributed by atoms with van der Waals surface area (Å²) in [5.41, 5.74) is 0.924. The van der Waals surface area contributed by atoms with Gasteiger partial charge in [-0.15, -0.1) is 0 Å². The molecule has 0 saturated carbocycles. The molecule has 1 fully saturated rings. The smallest absolute Gasteiger partial charge is 0.300 e. The van der Waals surface area contributed by atoms with E-state index in [9.17, 15) is 23.5 Å². The molecule has 1 unspecified atom stereocenters. The molecular formula is C28H26F2N2O4. The second-order valence-electron chi connectivity index (χ2n) is 8.23. The van der Waals surface area contributed by atoms with Crippen molar-refractivity contribution in [3.63, 3.8) is 0 Å². The molecule has 4 rings (SSSR count). The molecule has 1 heterocycles. The van der Waals surface area contributed by atoms with Crippen LogP contribution >= 0.6 is 0 Å². The van der Waals surface area contributed by atoms with Crippen LogP contribution in [0.4, 0.5) is 20.2 Å². The van der Waals surface area contributed by atoms with Crippen LogP contribution in [0.2, 0.25) is 0 Å². The highest BCUT2D eigenvalue weighted by Crippen LogP contribution is 2.44. The molecule has 1 aliphatic rings. The van der Waals surface area contributed by atoms with Gasteiger partial charge in [0.1, 0.15) is 23.1 Å². The minimum absolute atomic E-state index is 0.197. The maximum atomic E-state index is 14.9. The number of carbonyl (C=O) groups excluding carboxylic acids is 2. The molecule has 8 heteroatoms. The van der Waals surface area contributed by atoms with E-state index >= 15 is 0 Å². The topological polar surface area (TPSA) is 70.1 Å². The fourth-order valence-electron chi connectivity index (χ4n) is 4.51. The largest absolute Gasteiger partial charge is 0.507 e. The lowest BCUT2D eigenvalue weighted by Gasteiger charge is -2.27. The van der Waals surface area contributed by atoms with Crippen molar-refractivity contribution in [1.29, 1.82) is 0 Å². The third kappa shape index (κ3) is 4.30.